The molecule has 0 spiro atoms. The topological polar surface area (TPSA) is 0 Å². The van der Waals surface area contributed by atoms with Crippen LogP contribution in [0, 0.1) is 5.92 Å². The molecule has 1 fully saturated rings. The van der Waals surface area contributed by atoms with Crippen LogP contribution in [-0.2, 0) is 0 Å². The van der Waals surface area contributed by atoms with E-state index < -0.39 is 0 Å². The Labute approximate surface area is 53.6 Å². The number of rotatable bonds is 1. The molecule has 0 aromatic heterocycles. The Kier molecular flexibility index (Phi) is 2.33. The second kappa shape index (κ2) is 2.83. The molecule has 42 valence electrons. The summed E-state index contributed by atoms with van der Waals surface area (Å²) in [5.74, 6) is 4.32. The van der Waals surface area contributed by atoms with Crippen LogP contribution in [-0.4, -0.2) is 17.4 Å². The van der Waals surface area contributed by atoms with Crippen LogP contribution in [0.3, 0.4) is 0 Å². The first-order chi connectivity index (χ1) is 3.43. The number of halogens is 1. The molecule has 0 aliphatic carbocycles. The summed E-state index contributed by atoms with van der Waals surface area (Å²) in [6, 6.07) is 0. The molecule has 1 aliphatic heterocycles. The Balaban J connectivity index is 2.14. The lowest BCUT2D eigenvalue weighted by molar-refractivity contribution is 0.676. The maximum atomic E-state index is 5.59. The summed E-state index contributed by atoms with van der Waals surface area (Å²) < 4.78 is 0. The highest BCUT2D eigenvalue weighted by Gasteiger charge is 2.12. The number of hydrogen-bond donors (Lipinski definition) is 0. The molecule has 1 unspecified atom stereocenters. The maximum Gasteiger partial charge on any atom is 0.0259 e. The Morgan fingerprint density at radius 1 is 1.71 bits per heavy atom. The summed E-state index contributed by atoms with van der Waals surface area (Å²) >= 11 is 7.62. The van der Waals surface area contributed by atoms with Gasteiger partial charge in [0.05, 0.1) is 0 Å². The van der Waals surface area contributed by atoms with Crippen molar-refractivity contribution in [3.05, 3.63) is 0 Å². The lowest BCUT2D eigenvalue weighted by Crippen LogP contribution is -1.97. The number of thioether (sulfide) groups is 1. The smallest absolute Gasteiger partial charge is 0.0259 e. The zero-order chi connectivity index (χ0) is 5.11. The molecule has 7 heavy (non-hydrogen) atoms. The van der Waals surface area contributed by atoms with E-state index in [-0.39, 0.29) is 0 Å². The molecule has 0 aromatic carbocycles. The number of alkyl halides is 1. The minimum absolute atomic E-state index is 0.826. The number of hydrogen-bond acceptors (Lipinski definition) is 1. The summed E-state index contributed by atoms with van der Waals surface area (Å²) in [6.07, 6.45) is 1.34. The van der Waals surface area contributed by atoms with Gasteiger partial charge in [-0.1, -0.05) is 0 Å². The second-order valence-electron chi connectivity index (χ2n) is 1.88. The zero-order valence-corrected chi connectivity index (χ0v) is 5.76. The predicted molar refractivity (Wildman–Crippen MR) is 36.2 cm³/mol. The minimum atomic E-state index is 0.826. The summed E-state index contributed by atoms with van der Waals surface area (Å²) in [5.41, 5.74) is 0. The van der Waals surface area contributed by atoms with Gasteiger partial charge in [0.1, 0.15) is 0 Å². The fourth-order valence-corrected chi connectivity index (χ4v) is 2.38. The van der Waals surface area contributed by atoms with Gasteiger partial charge in [0, 0.05) is 5.88 Å². The van der Waals surface area contributed by atoms with Crippen LogP contribution >= 0.6 is 23.4 Å². The molecule has 0 bridgehead atoms. The quantitative estimate of drug-likeness (QED) is 0.497. The van der Waals surface area contributed by atoms with Gasteiger partial charge in [-0.2, -0.15) is 11.8 Å². The van der Waals surface area contributed by atoms with E-state index in [1.165, 1.54) is 17.9 Å². The third-order valence-electron chi connectivity index (χ3n) is 1.24. The van der Waals surface area contributed by atoms with E-state index in [1.54, 1.807) is 0 Å². The second-order valence-corrected chi connectivity index (χ2v) is 3.34. The summed E-state index contributed by atoms with van der Waals surface area (Å²) in [6.45, 7) is 0. The van der Waals surface area contributed by atoms with E-state index in [1.807, 2.05) is 11.8 Å². The fraction of sp³-hybridized carbons (Fsp3) is 1.00. The normalized spacial score (nSPS) is 31.3. The summed E-state index contributed by atoms with van der Waals surface area (Å²) in [4.78, 5) is 0. The van der Waals surface area contributed by atoms with Gasteiger partial charge in [-0.05, 0) is 23.8 Å². The molecule has 0 aromatic rings. The third-order valence-corrected chi connectivity index (χ3v) is 2.91. The van der Waals surface area contributed by atoms with Gasteiger partial charge in [-0.25, -0.2) is 0 Å². The van der Waals surface area contributed by atoms with E-state index in [0.29, 0.717) is 0 Å². The average molecular weight is 137 g/mol. The van der Waals surface area contributed by atoms with Crippen LogP contribution in [0.15, 0.2) is 0 Å². The lowest BCUT2D eigenvalue weighted by atomic mass is 10.2. The first kappa shape index (κ1) is 5.77. The third kappa shape index (κ3) is 1.54. The van der Waals surface area contributed by atoms with Gasteiger partial charge in [-0.15, -0.1) is 11.6 Å². The van der Waals surface area contributed by atoms with Gasteiger partial charge < -0.3 is 0 Å². The van der Waals surface area contributed by atoms with Crippen LogP contribution in [0.1, 0.15) is 6.42 Å². The van der Waals surface area contributed by atoms with Gasteiger partial charge in [0.15, 0.2) is 0 Å². The first-order valence-electron chi connectivity index (χ1n) is 2.57. The van der Waals surface area contributed by atoms with Crippen molar-refractivity contribution in [3.63, 3.8) is 0 Å². The van der Waals surface area contributed by atoms with E-state index in [0.717, 1.165) is 11.8 Å². The molecule has 0 amide bonds. The molecular formula is C5H9ClS. The molecule has 0 N–H and O–H groups in total. The molecular weight excluding hydrogens is 128 g/mol. The molecule has 1 aliphatic rings. The van der Waals surface area contributed by atoms with E-state index in [4.69, 9.17) is 11.6 Å². The van der Waals surface area contributed by atoms with Crippen molar-refractivity contribution in [2.75, 3.05) is 17.4 Å². The highest BCUT2D eigenvalue weighted by Crippen LogP contribution is 2.23. The molecule has 0 radical (unpaired) electrons. The fourth-order valence-electron chi connectivity index (χ4n) is 0.705. The van der Waals surface area contributed by atoms with Gasteiger partial charge in [0.2, 0.25) is 0 Å². The molecule has 1 atom stereocenters. The Hall–Kier alpha value is 0.640. The SMILES string of the molecule is ClCC1CCSC1. The van der Waals surface area contributed by atoms with E-state index >= 15 is 0 Å². The molecule has 0 nitrogen and oxygen atoms in total. The average Bonchev–Trinajstić information content (AvgIpc) is 2.14. The van der Waals surface area contributed by atoms with Crippen LogP contribution in [0.4, 0.5) is 0 Å². The summed E-state index contributed by atoms with van der Waals surface area (Å²) in [5, 5.41) is 0. The lowest BCUT2D eigenvalue weighted by Gasteiger charge is -1.96. The monoisotopic (exact) mass is 136 g/mol. The van der Waals surface area contributed by atoms with Crippen molar-refractivity contribution in [2.24, 2.45) is 5.92 Å². The van der Waals surface area contributed by atoms with E-state index in [9.17, 15) is 0 Å². The van der Waals surface area contributed by atoms with Crippen molar-refractivity contribution in [2.45, 2.75) is 6.42 Å². The van der Waals surface area contributed by atoms with Crippen LogP contribution in [0.25, 0.3) is 0 Å². The van der Waals surface area contributed by atoms with Crippen molar-refractivity contribution >= 4 is 23.4 Å². The van der Waals surface area contributed by atoms with Gasteiger partial charge in [0.25, 0.3) is 0 Å². The van der Waals surface area contributed by atoms with E-state index in [2.05, 4.69) is 0 Å². The van der Waals surface area contributed by atoms with Gasteiger partial charge >= 0.3 is 0 Å². The highest BCUT2D eigenvalue weighted by molar-refractivity contribution is 7.99. The van der Waals surface area contributed by atoms with Crippen LogP contribution < -0.4 is 0 Å². The Bertz CT molecular complexity index is 50.0. The van der Waals surface area contributed by atoms with Crippen molar-refractivity contribution < 1.29 is 0 Å². The predicted octanol–water partition coefficient (Wildman–Crippen LogP) is 1.98. The standard InChI is InChI=1S/C5H9ClS/c6-3-5-1-2-7-4-5/h5H,1-4H2. The largest absolute Gasteiger partial charge is 0.162 e. The molecule has 0 saturated carbocycles. The highest BCUT2D eigenvalue weighted by atomic mass is 35.5. The zero-order valence-electron chi connectivity index (χ0n) is 4.19. The van der Waals surface area contributed by atoms with Crippen LogP contribution in [0.5, 0.6) is 0 Å². The molecule has 1 rings (SSSR count). The van der Waals surface area contributed by atoms with Crippen molar-refractivity contribution in [1.82, 2.24) is 0 Å². The minimum Gasteiger partial charge on any atom is -0.162 e. The Morgan fingerprint density at radius 3 is 2.86 bits per heavy atom. The molecule has 1 saturated heterocycles. The maximum absolute atomic E-state index is 5.59. The first-order valence-corrected chi connectivity index (χ1v) is 4.26. The van der Waals surface area contributed by atoms with Gasteiger partial charge in [-0.3, -0.25) is 0 Å². The molecule has 1 heterocycles. The van der Waals surface area contributed by atoms with Crippen molar-refractivity contribution in [1.29, 1.82) is 0 Å². The Morgan fingerprint density at radius 2 is 2.57 bits per heavy atom. The summed E-state index contributed by atoms with van der Waals surface area (Å²) in [7, 11) is 0. The molecule has 2 heteroatoms. The van der Waals surface area contributed by atoms with Crippen LogP contribution in [0.2, 0.25) is 0 Å². The van der Waals surface area contributed by atoms with Crippen molar-refractivity contribution in [3.8, 4) is 0 Å².